The molecule has 0 heterocycles. The SMILES string of the molecule is Cc1cc(C(F)(F)C(F)(F)C(F)(F)C(F)(F)C(F)(F)C(F)(F)C(F)(F)C(F)(F)F)c(C)cc1C(F)(F)C(F)(F)C(F)(F)C(F)(F)C(F)(F)C(F)(F)C(F)(F)C(F)(F)F. The second-order valence-electron chi connectivity index (χ2n) is 11.5. The van der Waals surface area contributed by atoms with Crippen LogP contribution in [-0.2, 0) is 11.8 Å². The summed E-state index contributed by atoms with van der Waals surface area (Å²) in [6, 6.07) is -3.07. The summed E-state index contributed by atoms with van der Waals surface area (Å²) in [5, 5.41) is 0. The van der Waals surface area contributed by atoms with Crippen LogP contribution in [0.3, 0.4) is 0 Å². The van der Waals surface area contributed by atoms with Gasteiger partial charge in [-0.2, -0.15) is 149 Å². The molecule has 0 unspecified atom stereocenters. The summed E-state index contributed by atoms with van der Waals surface area (Å²) in [6.45, 7) is -1.31. The Hall–Kier alpha value is -3.16. The van der Waals surface area contributed by atoms with E-state index < -0.39 is 144 Å². The minimum Gasteiger partial charge on any atom is -0.194 e. The Kier molecular flexibility index (Phi) is 12.0. The van der Waals surface area contributed by atoms with Crippen molar-refractivity contribution in [1.29, 1.82) is 0 Å². The molecule has 0 saturated heterocycles. The minimum atomic E-state index is -9.23. The lowest BCUT2D eigenvalue weighted by atomic mass is 9.83. The highest BCUT2D eigenvalue weighted by Crippen LogP contribution is 2.67. The van der Waals surface area contributed by atoms with E-state index in [-0.39, 0.29) is 0 Å². The zero-order chi connectivity index (χ0) is 47.7. The molecule has 1 rings (SSSR count). The zero-order valence-corrected chi connectivity index (χ0v) is 26.0. The monoisotopic (exact) mass is 942 g/mol. The van der Waals surface area contributed by atoms with E-state index in [9.17, 15) is 149 Å². The number of hydrogen-bond acceptors (Lipinski definition) is 0. The zero-order valence-electron chi connectivity index (χ0n) is 26.0. The molecule has 1 aromatic rings. The maximum atomic E-state index is 14.8. The van der Waals surface area contributed by atoms with Crippen molar-refractivity contribution in [3.63, 3.8) is 0 Å². The Morgan fingerprint density at radius 1 is 0.224 bits per heavy atom. The molecule has 0 aliphatic carbocycles. The third kappa shape index (κ3) is 6.24. The molecule has 0 nitrogen and oxygen atoms in total. The third-order valence-corrected chi connectivity index (χ3v) is 7.69. The number of benzene rings is 1. The van der Waals surface area contributed by atoms with Gasteiger partial charge in [-0.05, 0) is 37.1 Å². The van der Waals surface area contributed by atoms with Crippen molar-refractivity contribution in [2.24, 2.45) is 0 Å². The molecular weight excluding hydrogens is 934 g/mol. The van der Waals surface area contributed by atoms with Gasteiger partial charge in [0.2, 0.25) is 0 Å². The van der Waals surface area contributed by atoms with E-state index in [0.717, 1.165) is 0 Å². The maximum absolute atomic E-state index is 14.8. The second-order valence-corrected chi connectivity index (χ2v) is 11.5. The average Bonchev–Trinajstić information content (AvgIpc) is 2.99. The summed E-state index contributed by atoms with van der Waals surface area (Å²) in [6.07, 6.45) is -16.3. The van der Waals surface area contributed by atoms with Gasteiger partial charge < -0.3 is 0 Å². The Bertz CT molecular complexity index is 1560. The van der Waals surface area contributed by atoms with Gasteiger partial charge in [-0.1, -0.05) is 0 Å². The predicted molar refractivity (Wildman–Crippen MR) is 115 cm³/mol. The van der Waals surface area contributed by atoms with Crippen LogP contribution in [0, 0.1) is 13.8 Å². The highest BCUT2D eigenvalue weighted by Gasteiger charge is 2.97. The van der Waals surface area contributed by atoms with E-state index in [0.29, 0.717) is 0 Å². The summed E-state index contributed by atoms with van der Waals surface area (Å²) < 4.78 is 463. The first-order valence-electron chi connectivity index (χ1n) is 13.1. The summed E-state index contributed by atoms with van der Waals surface area (Å²) >= 11 is 0. The highest BCUT2D eigenvalue weighted by molar-refractivity contribution is 5.44. The van der Waals surface area contributed by atoms with Crippen LogP contribution in [0.25, 0.3) is 0 Å². The van der Waals surface area contributed by atoms with Gasteiger partial charge in [0, 0.05) is 11.1 Å². The molecule has 0 fully saturated rings. The average molecular weight is 942 g/mol. The molecular formula is C24H8F34. The van der Waals surface area contributed by atoms with E-state index in [1.807, 2.05) is 0 Å². The van der Waals surface area contributed by atoms with Crippen LogP contribution in [0.15, 0.2) is 12.1 Å². The van der Waals surface area contributed by atoms with Crippen molar-refractivity contribution in [2.45, 2.75) is 109 Å². The summed E-state index contributed by atoms with van der Waals surface area (Å²) in [4.78, 5) is 0. The van der Waals surface area contributed by atoms with E-state index >= 15 is 0 Å². The first-order valence-corrected chi connectivity index (χ1v) is 13.1. The molecule has 58 heavy (non-hydrogen) atoms. The molecule has 342 valence electrons. The standard InChI is InChI=1S/C24H8F34/c1-5-3-8(10(27,28)12(31,32)14(35,36)16(39,40)18(43,44)20(47,48)22(51,52)24(56,57)58)6(2)4-7(5)9(25,26)11(29,30)13(33,34)15(37,38)17(41,42)19(45,46)21(49,50)23(53,54)55/h3-4H,1-2H3. The molecule has 0 aliphatic heterocycles. The smallest absolute Gasteiger partial charge is 0.194 e. The van der Waals surface area contributed by atoms with Gasteiger partial charge in [-0.3, -0.25) is 0 Å². The van der Waals surface area contributed by atoms with Crippen molar-refractivity contribution >= 4 is 0 Å². The minimum absolute atomic E-state index is 0.653. The lowest BCUT2D eigenvalue weighted by molar-refractivity contribution is -0.462. The molecule has 0 N–H and O–H groups in total. The predicted octanol–water partition coefficient (Wildman–Crippen LogP) is 13.2. The van der Waals surface area contributed by atoms with Crippen LogP contribution in [0.4, 0.5) is 149 Å². The molecule has 0 aliphatic rings. The summed E-state index contributed by atoms with van der Waals surface area (Å²) in [7, 11) is 0. The number of aryl methyl sites for hydroxylation is 2. The lowest BCUT2D eigenvalue weighted by Crippen LogP contribution is -2.74. The molecule has 0 radical (unpaired) electrons. The van der Waals surface area contributed by atoms with Gasteiger partial charge in [0.05, 0.1) is 0 Å². The number of hydrogen-bond donors (Lipinski definition) is 0. The van der Waals surface area contributed by atoms with Gasteiger partial charge in [0.1, 0.15) is 0 Å². The van der Waals surface area contributed by atoms with Gasteiger partial charge >= 0.3 is 95.3 Å². The topological polar surface area (TPSA) is 0 Å². The van der Waals surface area contributed by atoms with Crippen LogP contribution in [-0.4, -0.2) is 83.4 Å². The Morgan fingerprint density at radius 2 is 0.362 bits per heavy atom. The van der Waals surface area contributed by atoms with Crippen LogP contribution in [0.1, 0.15) is 22.3 Å². The third-order valence-electron chi connectivity index (χ3n) is 7.69. The molecule has 0 saturated carbocycles. The number of alkyl halides is 34. The van der Waals surface area contributed by atoms with Gasteiger partial charge in [0.15, 0.2) is 0 Å². The van der Waals surface area contributed by atoms with E-state index in [1.165, 1.54) is 0 Å². The van der Waals surface area contributed by atoms with E-state index in [1.54, 1.807) is 0 Å². The summed E-state index contributed by atoms with van der Waals surface area (Å²) in [5.41, 5.74) is -12.4. The van der Waals surface area contributed by atoms with Crippen molar-refractivity contribution < 1.29 is 149 Å². The van der Waals surface area contributed by atoms with Gasteiger partial charge in [-0.15, -0.1) is 0 Å². The molecule has 34 heteroatoms. The first kappa shape index (κ1) is 52.9. The van der Waals surface area contributed by atoms with Crippen LogP contribution < -0.4 is 0 Å². The number of rotatable bonds is 14. The van der Waals surface area contributed by atoms with Crippen LogP contribution in [0.2, 0.25) is 0 Å². The fourth-order valence-electron chi connectivity index (χ4n) is 4.16. The van der Waals surface area contributed by atoms with Crippen LogP contribution >= 0.6 is 0 Å². The number of halogens is 34. The quantitative estimate of drug-likeness (QED) is 0.163. The normalized spacial score (nSPS) is 16.6. The first-order chi connectivity index (χ1) is 24.5. The maximum Gasteiger partial charge on any atom is 0.460 e. The van der Waals surface area contributed by atoms with Crippen LogP contribution in [0.5, 0.6) is 0 Å². The van der Waals surface area contributed by atoms with Crippen molar-refractivity contribution in [1.82, 2.24) is 0 Å². The largest absolute Gasteiger partial charge is 0.460 e. The van der Waals surface area contributed by atoms with Gasteiger partial charge in [0.25, 0.3) is 0 Å². The van der Waals surface area contributed by atoms with Crippen molar-refractivity contribution in [3.05, 3.63) is 34.4 Å². The Balaban J connectivity index is 4.06. The molecule has 0 atom stereocenters. The summed E-state index contributed by atoms with van der Waals surface area (Å²) in [5.74, 6) is -123. The van der Waals surface area contributed by atoms with Crippen molar-refractivity contribution in [2.75, 3.05) is 0 Å². The van der Waals surface area contributed by atoms with Crippen molar-refractivity contribution in [3.8, 4) is 0 Å². The fourth-order valence-corrected chi connectivity index (χ4v) is 4.16. The highest BCUT2D eigenvalue weighted by atomic mass is 19.4. The Morgan fingerprint density at radius 3 is 0.517 bits per heavy atom. The molecule has 1 aromatic carbocycles. The fraction of sp³-hybridized carbons (Fsp3) is 0.750. The second kappa shape index (κ2) is 13.2. The van der Waals surface area contributed by atoms with E-state index in [2.05, 4.69) is 0 Å². The van der Waals surface area contributed by atoms with E-state index in [4.69, 9.17) is 0 Å². The lowest BCUT2D eigenvalue weighted by Gasteiger charge is -2.43. The molecule has 0 aromatic heterocycles. The molecule has 0 spiro atoms. The van der Waals surface area contributed by atoms with Gasteiger partial charge in [-0.25, -0.2) is 0 Å². The Labute approximate surface area is 294 Å². The molecule has 0 bridgehead atoms. The molecule has 0 amide bonds.